The Hall–Kier alpha value is -2.22. The van der Waals surface area contributed by atoms with E-state index in [4.69, 9.17) is 10.2 Å². The van der Waals surface area contributed by atoms with Gasteiger partial charge in [-0.15, -0.1) is 0 Å². The van der Waals surface area contributed by atoms with Crippen LogP contribution in [0.5, 0.6) is 0 Å². The lowest BCUT2D eigenvalue weighted by atomic mass is 10.2. The number of aliphatic hydroxyl groups excluding tert-OH is 1. The van der Waals surface area contributed by atoms with Crippen LogP contribution in [-0.4, -0.2) is 34.9 Å². The van der Waals surface area contributed by atoms with E-state index in [1.165, 1.54) is 13.0 Å². The minimum absolute atomic E-state index is 0.131. The van der Waals surface area contributed by atoms with Crippen LogP contribution < -0.4 is 10.6 Å². The predicted octanol–water partition coefficient (Wildman–Crippen LogP) is 1.23. The van der Waals surface area contributed by atoms with Crippen LogP contribution in [0.1, 0.15) is 12.0 Å². The minimum Gasteiger partial charge on any atom is -0.480 e. The number of halogens is 2. The largest absolute Gasteiger partial charge is 0.480 e. The van der Waals surface area contributed by atoms with E-state index < -0.39 is 42.0 Å². The molecule has 0 saturated heterocycles. The second kappa shape index (κ2) is 6.80. The molecule has 4 N–H and O–H groups in total. The van der Waals surface area contributed by atoms with E-state index in [0.717, 1.165) is 6.07 Å². The summed E-state index contributed by atoms with van der Waals surface area (Å²) < 4.78 is 27.0. The second-order valence-corrected chi connectivity index (χ2v) is 4.05. The van der Waals surface area contributed by atoms with Crippen LogP contribution in [0.2, 0.25) is 0 Å². The summed E-state index contributed by atoms with van der Waals surface area (Å²) in [7, 11) is 0. The first-order chi connectivity index (χ1) is 9.36. The zero-order valence-corrected chi connectivity index (χ0v) is 10.6. The first-order valence-electron chi connectivity index (χ1n) is 5.72. The van der Waals surface area contributed by atoms with Gasteiger partial charge in [0.25, 0.3) is 0 Å². The molecule has 20 heavy (non-hydrogen) atoms. The molecular weight excluding hydrogens is 274 g/mol. The molecule has 0 aliphatic carbocycles. The highest BCUT2D eigenvalue weighted by molar-refractivity contribution is 5.92. The molecule has 0 radical (unpaired) electrons. The van der Waals surface area contributed by atoms with Gasteiger partial charge in [0.15, 0.2) is 5.82 Å². The summed E-state index contributed by atoms with van der Waals surface area (Å²) in [5.74, 6) is -3.27. The van der Waals surface area contributed by atoms with Gasteiger partial charge in [0.1, 0.15) is 17.5 Å². The zero-order valence-electron chi connectivity index (χ0n) is 10.6. The average molecular weight is 288 g/mol. The van der Waals surface area contributed by atoms with E-state index in [1.807, 2.05) is 10.6 Å². The molecule has 2 amide bonds. The number of benzene rings is 1. The number of anilines is 1. The summed E-state index contributed by atoms with van der Waals surface area (Å²) in [5, 5.41) is 21.3. The van der Waals surface area contributed by atoms with Crippen molar-refractivity contribution < 1.29 is 28.6 Å². The number of rotatable bonds is 5. The summed E-state index contributed by atoms with van der Waals surface area (Å²) >= 11 is 0. The van der Waals surface area contributed by atoms with Crippen LogP contribution in [0.15, 0.2) is 12.1 Å². The first kappa shape index (κ1) is 15.8. The third kappa shape index (κ3) is 3.89. The van der Waals surface area contributed by atoms with Gasteiger partial charge in [0, 0.05) is 13.0 Å². The fourth-order valence-electron chi connectivity index (χ4n) is 1.47. The molecule has 0 aliphatic heterocycles. The first-order valence-corrected chi connectivity index (χ1v) is 5.72. The number of amides is 2. The molecule has 8 heteroatoms. The molecule has 1 rings (SSSR count). The fourth-order valence-corrected chi connectivity index (χ4v) is 1.47. The molecule has 1 aromatic carbocycles. The SMILES string of the molecule is Cc1ccc(F)c(NC(=O)N[C@H](CCO)C(=O)O)c1F. The smallest absolute Gasteiger partial charge is 0.326 e. The van der Waals surface area contributed by atoms with Crippen LogP contribution in [0.25, 0.3) is 0 Å². The molecule has 6 nitrogen and oxygen atoms in total. The topological polar surface area (TPSA) is 98.7 Å². The lowest BCUT2D eigenvalue weighted by Gasteiger charge is -2.15. The van der Waals surface area contributed by atoms with Gasteiger partial charge >= 0.3 is 12.0 Å². The lowest BCUT2D eigenvalue weighted by Crippen LogP contribution is -2.43. The summed E-state index contributed by atoms with van der Waals surface area (Å²) in [6.45, 7) is 0.939. The molecular formula is C12H14F2N2O4. The van der Waals surface area contributed by atoms with E-state index in [9.17, 15) is 18.4 Å². The maximum atomic E-state index is 13.6. The molecule has 0 unspecified atom stereocenters. The van der Waals surface area contributed by atoms with Crippen molar-refractivity contribution in [1.29, 1.82) is 0 Å². The third-order valence-corrected chi connectivity index (χ3v) is 2.54. The molecule has 1 aromatic rings. The number of nitrogens with one attached hydrogen (secondary N) is 2. The third-order valence-electron chi connectivity index (χ3n) is 2.54. The molecule has 0 spiro atoms. The molecule has 110 valence electrons. The van der Waals surface area contributed by atoms with Crippen molar-refractivity contribution in [3.63, 3.8) is 0 Å². The number of carboxylic acids is 1. The maximum absolute atomic E-state index is 13.6. The molecule has 0 aliphatic rings. The highest BCUT2D eigenvalue weighted by Gasteiger charge is 2.21. The van der Waals surface area contributed by atoms with E-state index in [1.54, 1.807) is 0 Å². The van der Waals surface area contributed by atoms with Crippen molar-refractivity contribution in [3.05, 3.63) is 29.3 Å². The van der Waals surface area contributed by atoms with Gasteiger partial charge in [-0.2, -0.15) is 0 Å². The second-order valence-electron chi connectivity index (χ2n) is 4.05. The van der Waals surface area contributed by atoms with Crippen LogP contribution in [0.3, 0.4) is 0 Å². The average Bonchev–Trinajstić information content (AvgIpc) is 2.38. The molecule has 0 aromatic heterocycles. The molecule has 0 heterocycles. The van der Waals surface area contributed by atoms with E-state index >= 15 is 0 Å². The highest BCUT2D eigenvalue weighted by atomic mass is 19.1. The molecule has 0 saturated carbocycles. The quantitative estimate of drug-likeness (QED) is 0.655. The van der Waals surface area contributed by atoms with Crippen LogP contribution in [-0.2, 0) is 4.79 Å². The Morgan fingerprint density at radius 2 is 2.00 bits per heavy atom. The Morgan fingerprint density at radius 3 is 2.55 bits per heavy atom. The standard InChI is InChI=1S/C12H14F2N2O4/c1-6-2-3-7(13)10(9(6)14)16-12(20)15-8(4-5-17)11(18)19/h2-3,8,17H,4-5H2,1H3,(H,18,19)(H2,15,16,20)/t8-/m1/s1. The van der Waals surface area contributed by atoms with Gasteiger partial charge in [-0.1, -0.05) is 6.07 Å². The van der Waals surface area contributed by atoms with Crippen molar-refractivity contribution in [3.8, 4) is 0 Å². The number of urea groups is 1. The molecule has 0 bridgehead atoms. The maximum Gasteiger partial charge on any atom is 0.326 e. The number of carboxylic acid groups (broad SMARTS) is 1. The molecule has 0 fully saturated rings. The van der Waals surface area contributed by atoms with Crippen LogP contribution >= 0.6 is 0 Å². The summed E-state index contributed by atoms with van der Waals surface area (Å²) in [4.78, 5) is 22.3. The number of aryl methyl sites for hydroxylation is 1. The normalized spacial score (nSPS) is 11.8. The van der Waals surface area contributed by atoms with Crippen LogP contribution in [0, 0.1) is 18.6 Å². The fraction of sp³-hybridized carbons (Fsp3) is 0.333. The van der Waals surface area contributed by atoms with Crippen molar-refractivity contribution in [2.45, 2.75) is 19.4 Å². The van der Waals surface area contributed by atoms with Gasteiger partial charge in [-0.25, -0.2) is 18.4 Å². The van der Waals surface area contributed by atoms with Crippen molar-refractivity contribution in [2.75, 3.05) is 11.9 Å². The Labute approximate surface area is 113 Å². The van der Waals surface area contributed by atoms with Gasteiger partial charge in [0.05, 0.1) is 0 Å². The molecule has 1 atom stereocenters. The Kier molecular flexibility index (Phi) is 5.39. The Bertz CT molecular complexity index is 522. The zero-order chi connectivity index (χ0) is 15.3. The minimum atomic E-state index is -1.36. The monoisotopic (exact) mass is 288 g/mol. The number of aliphatic hydroxyl groups is 1. The number of carbonyl (C=O) groups excluding carboxylic acids is 1. The number of carbonyl (C=O) groups is 2. The summed E-state index contributed by atoms with van der Waals surface area (Å²) in [5.41, 5.74) is -0.525. The van der Waals surface area contributed by atoms with E-state index in [2.05, 4.69) is 0 Å². The summed E-state index contributed by atoms with van der Waals surface area (Å²) in [6.07, 6.45) is -0.221. The number of aliphatic carboxylic acids is 1. The van der Waals surface area contributed by atoms with Crippen molar-refractivity contribution >= 4 is 17.7 Å². The highest BCUT2D eigenvalue weighted by Crippen LogP contribution is 2.21. The van der Waals surface area contributed by atoms with E-state index in [0.29, 0.717) is 0 Å². The predicted molar refractivity (Wildman–Crippen MR) is 66.4 cm³/mol. The lowest BCUT2D eigenvalue weighted by molar-refractivity contribution is -0.139. The van der Waals surface area contributed by atoms with Gasteiger partial charge in [-0.3, -0.25) is 0 Å². The number of hydrogen-bond donors (Lipinski definition) is 4. The van der Waals surface area contributed by atoms with E-state index in [-0.39, 0.29) is 12.0 Å². The van der Waals surface area contributed by atoms with Crippen molar-refractivity contribution in [2.24, 2.45) is 0 Å². The van der Waals surface area contributed by atoms with Crippen molar-refractivity contribution in [1.82, 2.24) is 5.32 Å². The van der Waals surface area contributed by atoms with Gasteiger partial charge in [-0.05, 0) is 18.6 Å². The Morgan fingerprint density at radius 1 is 1.35 bits per heavy atom. The summed E-state index contributed by atoms with van der Waals surface area (Å²) in [6, 6.07) is -0.235. The van der Waals surface area contributed by atoms with Crippen LogP contribution in [0.4, 0.5) is 19.3 Å². The van der Waals surface area contributed by atoms with Gasteiger partial charge in [0.2, 0.25) is 0 Å². The van der Waals surface area contributed by atoms with Gasteiger partial charge < -0.3 is 20.8 Å². The Balaban J connectivity index is 2.81. The number of hydrogen-bond acceptors (Lipinski definition) is 3.